The molecule has 2 N–H and O–H groups in total. The molecule has 2 heterocycles. The van der Waals surface area contributed by atoms with Crippen LogP contribution in [0.3, 0.4) is 0 Å². The van der Waals surface area contributed by atoms with Crippen molar-refractivity contribution < 1.29 is 18.7 Å². The third-order valence-corrected chi connectivity index (χ3v) is 6.13. The SMILES string of the molecule is CCC(=O)c1nnc(NC(C)=O)cc1Nc1cc(F)cc(-c2cc(P(C)C)n(C)n2)c1OC. The van der Waals surface area contributed by atoms with Crippen LogP contribution in [0.1, 0.15) is 30.8 Å². The summed E-state index contributed by atoms with van der Waals surface area (Å²) >= 11 is 0. The fourth-order valence-corrected chi connectivity index (χ4v) is 4.36. The van der Waals surface area contributed by atoms with Crippen molar-refractivity contribution in [2.24, 2.45) is 7.05 Å². The molecule has 0 aliphatic rings. The third-order valence-electron chi connectivity index (χ3n) is 4.80. The molecule has 0 aliphatic carbocycles. The normalized spacial score (nSPS) is 10.9. The maximum Gasteiger partial charge on any atom is 0.222 e. The molecular weight excluding hydrogens is 446 g/mol. The molecule has 174 valence electrons. The number of methoxy groups -OCH3 is 1. The zero-order valence-corrected chi connectivity index (χ0v) is 20.2. The fraction of sp³-hybridized carbons (Fsp3) is 0.318. The summed E-state index contributed by atoms with van der Waals surface area (Å²) < 4.78 is 22.1. The topological polar surface area (TPSA) is 111 Å². The van der Waals surface area contributed by atoms with Gasteiger partial charge < -0.3 is 15.4 Å². The number of rotatable bonds is 8. The van der Waals surface area contributed by atoms with Gasteiger partial charge in [0.05, 0.1) is 29.6 Å². The molecule has 0 aliphatic heterocycles. The number of amides is 1. The highest BCUT2D eigenvalue weighted by molar-refractivity contribution is 7.63. The van der Waals surface area contributed by atoms with Crippen molar-refractivity contribution in [2.45, 2.75) is 20.3 Å². The molecule has 0 unspecified atom stereocenters. The number of carbonyl (C=O) groups is 2. The molecule has 11 heteroatoms. The summed E-state index contributed by atoms with van der Waals surface area (Å²) in [6.45, 7) is 7.26. The average Bonchev–Trinajstić information content (AvgIpc) is 3.14. The highest BCUT2D eigenvalue weighted by Gasteiger charge is 2.21. The first-order valence-electron chi connectivity index (χ1n) is 10.2. The summed E-state index contributed by atoms with van der Waals surface area (Å²) in [5.41, 5.74) is 2.70. The van der Waals surface area contributed by atoms with Crippen LogP contribution in [0, 0.1) is 5.82 Å². The van der Waals surface area contributed by atoms with E-state index in [9.17, 15) is 14.0 Å². The second kappa shape index (κ2) is 10.0. The zero-order valence-electron chi connectivity index (χ0n) is 19.4. The summed E-state index contributed by atoms with van der Waals surface area (Å²) in [5.74, 6) is -0.604. The second-order valence-electron chi connectivity index (χ2n) is 7.51. The van der Waals surface area contributed by atoms with E-state index in [0.29, 0.717) is 17.0 Å². The number of anilines is 3. The van der Waals surface area contributed by atoms with Gasteiger partial charge in [-0.2, -0.15) is 5.10 Å². The first-order chi connectivity index (χ1) is 15.6. The van der Waals surface area contributed by atoms with Gasteiger partial charge in [-0.25, -0.2) is 4.39 Å². The van der Waals surface area contributed by atoms with Gasteiger partial charge in [-0.15, -0.1) is 10.2 Å². The number of nitrogens with one attached hydrogen (secondary N) is 2. The van der Waals surface area contributed by atoms with E-state index in [-0.39, 0.29) is 41.0 Å². The van der Waals surface area contributed by atoms with Gasteiger partial charge in [0.25, 0.3) is 0 Å². The number of aromatic nitrogens is 4. The lowest BCUT2D eigenvalue weighted by Crippen LogP contribution is -2.13. The molecule has 0 saturated carbocycles. The predicted molar refractivity (Wildman–Crippen MR) is 128 cm³/mol. The van der Waals surface area contributed by atoms with Crippen LogP contribution in [-0.2, 0) is 11.8 Å². The molecule has 0 fully saturated rings. The van der Waals surface area contributed by atoms with E-state index in [1.54, 1.807) is 11.6 Å². The van der Waals surface area contributed by atoms with Crippen LogP contribution in [0.5, 0.6) is 5.75 Å². The lowest BCUT2D eigenvalue weighted by atomic mass is 10.1. The number of ketones is 1. The standard InChI is InChI=1S/C22H26FN6O3P/c1-7-18(31)21-16(10-19(26-27-21)24-12(2)30)25-17-9-13(23)8-14(22(17)32-4)15-11-20(33(5)6)29(3)28-15/h8-11H,7H2,1-6H3,(H2,24,25,26,30). The van der Waals surface area contributed by atoms with Crippen molar-refractivity contribution in [1.29, 1.82) is 0 Å². The Balaban J connectivity index is 2.14. The largest absolute Gasteiger partial charge is 0.494 e. The van der Waals surface area contributed by atoms with Gasteiger partial charge in [0.2, 0.25) is 5.91 Å². The molecule has 1 amide bonds. The quantitative estimate of drug-likeness (QED) is 0.380. The van der Waals surface area contributed by atoms with Crippen LogP contribution >= 0.6 is 7.92 Å². The summed E-state index contributed by atoms with van der Waals surface area (Å²) in [7, 11) is 2.91. The van der Waals surface area contributed by atoms with Gasteiger partial charge in [-0.1, -0.05) is 14.8 Å². The second-order valence-corrected chi connectivity index (χ2v) is 9.76. The van der Waals surface area contributed by atoms with Gasteiger partial charge in [0, 0.05) is 38.1 Å². The minimum absolute atomic E-state index is 0.0715. The van der Waals surface area contributed by atoms with Crippen LogP contribution < -0.4 is 20.8 Å². The number of carbonyl (C=O) groups excluding carboxylic acids is 2. The molecular formula is C22H26FN6O3P. The number of halogens is 1. The number of Topliss-reactive ketones (excluding diaryl/α,β-unsaturated/α-hetero) is 1. The van der Waals surface area contributed by atoms with Gasteiger partial charge in [0.1, 0.15) is 5.82 Å². The van der Waals surface area contributed by atoms with Crippen molar-refractivity contribution in [3.8, 4) is 17.0 Å². The molecule has 3 rings (SSSR count). The van der Waals surface area contributed by atoms with Gasteiger partial charge in [-0.3, -0.25) is 14.3 Å². The molecule has 0 saturated heterocycles. The number of nitrogens with zero attached hydrogens (tertiary/aromatic N) is 4. The molecule has 33 heavy (non-hydrogen) atoms. The molecule has 0 bridgehead atoms. The third kappa shape index (κ3) is 5.34. The van der Waals surface area contributed by atoms with Gasteiger partial charge in [-0.05, 0) is 25.5 Å². The Labute approximate surface area is 192 Å². The summed E-state index contributed by atoms with van der Waals surface area (Å²) in [5, 5.41) is 18.0. The minimum Gasteiger partial charge on any atom is -0.494 e. The Bertz CT molecular complexity index is 1210. The van der Waals surface area contributed by atoms with E-state index in [4.69, 9.17) is 4.74 Å². The molecule has 0 atom stereocenters. The Hall–Kier alpha value is -3.39. The van der Waals surface area contributed by atoms with Gasteiger partial charge in [0.15, 0.2) is 23.0 Å². The van der Waals surface area contributed by atoms with Crippen LogP contribution in [0.2, 0.25) is 0 Å². The Morgan fingerprint density at radius 3 is 2.45 bits per heavy atom. The number of benzene rings is 1. The number of hydrogen-bond donors (Lipinski definition) is 2. The van der Waals surface area contributed by atoms with E-state index >= 15 is 0 Å². The monoisotopic (exact) mass is 472 g/mol. The molecule has 0 spiro atoms. The Kier molecular flexibility index (Phi) is 7.38. The highest BCUT2D eigenvalue weighted by atomic mass is 31.1. The molecule has 9 nitrogen and oxygen atoms in total. The maximum absolute atomic E-state index is 14.7. The number of hydrogen-bond acceptors (Lipinski definition) is 7. The molecule has 2 aromatic heterocycles. The Morgan fingerprint density at radius 1 is 1.15 bits per heavy atom. The lowest BCUT2D eigenvalue weighted by molar-refractivity contribution is -0.114. The van der Waals surface area contributed by atoms with E-state index < -0.39 is 13.7 Å². The summed E-state index contributed by atoms with van der Waals surface area (Å²) in [6, 6.07) is 6.01. The molecule has 1 aromatic carbocycles. The van der Waals surface area contributed by atoms with Crippen LogP contribution in [0.25, 0.3) is 11.3 Å². The zero-order chi connectivity index (χ0) is 24.3. The van der Waals surface area contributed by atoms with Crippen LogP contribution in [-0.4, -0.2) is 52.1 Å². The highest BCUT2D eigenvalue weighted by Crippen LogP contribution is 2.39. The van der Waals surface area contributed by atoms with Gasteiger partial charge >= 0.3 is 0 Å². The first kappa shape index (κ1) is 24.3. The molecule has 3 aromatic rings. The minimum atomic E-state index is -0.511. The van der Waals surface area contributed by atoms with E-state index in [1.807, 2.05) is 13.1 Å². The van der Waals surface area contributed by atoms with Crippen molar-refractivity contribution in [1.82, 2.24) is 20.0 Å². The van der Waals surface area contributed by atoms with Crippen molar-refractivity contribution in [2.75, 3.05) is 31.1 Å². The van der Waals surface area contributed by atoms with Crippen LogP contribution in [0.15, 0.2) is 24.3 Å². The predicted octanol–water partition coefficient (Wildman–Crippen LogP) is 3.69. The van der Waals surface area contributed by atoms with Crippen molar-refractivity contribution >= 4 is 42.2 Å². The lowest BCUT2D eigenvalue weighted by Gasteiger charge is -2.16. The summed E-state index contributed by atoms with van der Waals surface area (Å²) in [4.78, 5) is 23.9. The van der Waals surface area contributed by atoms with E-state index in [2.05, 4.69) is 39.3 Å². The molecule has 0 radical (unpaired) electrons. The number of ether oxygens (including phenoxy) is 1. The van der Waals surface area contributed by atoms with E-state index in [0.717, 1.165) is 5.44 Å². The van der Waals surface area contributed by atoms with Crippen molar-refractivity contribution in [3.63, 3.8) is 0 Å². The van der Waals surface area contributed by atoms with Crippen LogP contribution in [0.4, 0.5) is 21.6 Å². The maximum atomic E-state index is 14.7. The number of aryl methyl sites for hydroxylation is 1. The smallest absolute Gasteiger partial charge is 0.222 e. The van der Waals surface area contributed by atoms with Crippen molar-refractivity contribution in [3.05, 3.63) is 35.8 Å². The van der Waals surface area contributed by atoms with E-state index in [1.165, 1.54) is 32.2 Å². The first-order valence-corrected chi connectivity index (χ1v) is 12.4. The average molecular weight is 472 g/mol. The Morgan fingerprint density at radius 2 is 1.88 bits per heavy atom. The summed E-state index contributed by atoms with van der Waals surface area (Å²) in [6.07, 6.45) is 0.197. The fourth-order valence-electron chi connectivity index (χ4n) is 3.35.